The lowest BCUT2D eigenvalue weighted by Crippen LogP contribution is -2.31. The second-order valence-corrected chi connectivity index (χ2v) is 7.82. The van der Waals surface area contributed by atoms with E-state index < -0.39 is 0 Å². The lowest BCUT2D eigenvalue weighted by molar-refractivity contribution is 0.0736. The van der Waals surface area contributed by atoms with E-state index >= 15 is 0 Å². The van der Waals surface area contributed by atoms with Crippen molar-refractivity contribution in [1.29, 1.82) is 0 Å². The van der Waals surface area contributed by atoms with Crippen molar-refractivity contribution in [3.05, 3.63) is 75.5 Å². The van der Waals surface area contributed by atoms with Crippen LogP contribution in [0.15, 0.2) is 48.0 Å². The number of hydrogen-bond donors (Lipinski definition) is 0. The second-order valence-electron chi connectivity index (χ2n) is 6.97. The van der Waals surface area contributed by atoms with Crippen molar-refractivity contribution in [2.75, 3.05) is 13.7 Å². The molecule has 0 bridgehead atoms. The Labute approximate surface area is 169 Å². The largest absolute Gasteiger partial charge is 0.496 e. The van der Waals surface area contributed by atoms with Gasteiger partial charge in [-0.3, -0.25) is 9.78 Å². The molecule has 0 unspecified atom stereocenters. The van der Waals surface area contributed by atoms with Crippen LogP contribution < -0.4 is 4.74 Å². The molecule has 6 heteroatoms. The van der Waals surface area contributed by atoms with Crippen LogP contribution in [0.25, 0.3) is 0 Å². The predicted molar refractivity (Wildman–Crippen MR) is 110 cm³/mol. The summed E-state index contributed by atoms with van der Waals surface area (Å²) in [6, 6.07) is 14.1. The van der Waals surface area contributed by atoms with Crippen LogP contribution in [-0.2, 0) is 6.42 Å². The highest BCUT2D eigenvalue weighted by molar-refractivity contribution is 7.11. The van der Waals surface area contributed by atoms with Gasteiger partial charge in [0, 0.05) is 24.2 Å². The lowest BCUT2D eigenvalue weighted by Gasteiger charge is -2.24. The van der Waals surface area contributed by atoms with E-state index in [1.54, 1.807) is 12.6 Å². The molecule has 1 amide bonds. The number of benzene rings is 1. The van der Waals surface area contributed by atoms with E-state index in [1.807, 2.05) is 48.2 Å². The fraction of sp³-hybridized carbons (Fsp3) is 0.318. The van der Waals surface area contributed by atoms with Crippen molar-refractivity contribution >= 4 is 17.2 Å². The van der Waals surface area contributed by atoms with Gasteiger partial charge in [-0.2, -0.15) is 0 Å². The molecular formula is C22H23N3O2S. The molecule has 5 nitrogen and oxygen atoms in total. The molecule has 144 valence electrons. The zero-order chi connectivity index (χ0) is 19.5. The Morgan fingerprint density at radius 3 is 2.89 bits per heavy atom. The summed E-state index contributed by atoms with van der Waals surface area (Å²) in [7, 11) is 1.69. The minimum Gasteiger partial charge on any atom is -0.496 e. The molecule has 1 saturated heterocycles. The van der Waals surface area contributed by atoms with E-state index in [9.17, 15) is 4.79 Å². The third-order valence-electron chi connectivity index (χ3n) is 5.19. The summed E-state index contributed by atoms with van der Waals surface area (Å²) in [5.74, 6) is 0.937. The van der Waals surface area contributed by atoms with Gasteiger partial charge < -0.3 is 9.64 Å². The molecule has 1 fully saturated rings. The number of aromatic nitrogens is 2. The average Bonchev–Trinajstić information content (AvgIpc) is 3.37. The van der Waals surface area contributed by atoms with E-state index in [0.717, 1.165) is 52.7 Å². The van der Waals surface area contributed by atoms with Gasteiger partial charge in [0.15, 0.2) is 0 Å². The van der Waals surface area contributed by atoms with Crippen molar-refractivity contribution in [1.82, 2.24) is 14.9 Å². The molecule has 0 radical (unpaired) electrons. The van der Waals surface area contributed by atoms with Gasteiger partial charge in [0.05, 0.1) is 30.1 Å². The summed E-state index contributed by atoms with van der Waals surface area (Å²) < 4.78 is 5.46. The molecule has 1 aliphatic rings. The number of rotatable bonds is 5. The standard InChI is InChI=1S/C22H23N3O2S/c1-15-21(28-14-23-15)22(26)25-12-6-10-19(25)18-9-5-8-17(24-18)13-16-7-3-4-11-20(16)27-2/h3-5,7-9,11,14,19H,6,10,12-13H2,1-2H3/t19-/m1/s1. The maximum atomic E-state index is 13.0. The van der Waals surface area contributed by atoms with Crippen LogP contribution in [0.1, 0.15) is 51.2 Å². The van der Waals surface area contributed by atoms with Gasteiger partial charge in [0.25, 0.3) is 5.91 Å². The first kappa shape index (κ1) is 18.6. The number of ether oxygens (including phenoxy) is 1. The smallest absolute Gasteiger partial charge is 0.266 e. The number of thiazole rings is 1. The summed E-state index contributed by atoms with van der Waals surface area (Å²) in [6.07, 6.45) is 2.63. The Kier molecular flexibility index (Phi) is 5.39. The maximum absolute atomic E-state index is 13.0. The fourth-order valence-electron chi connectivity index (χ4n) is 3.78. The zero-order valence-corrected chi connectivity index (χ0v) is 16.9. The molecular weight excluding hydrogens is 370 g/mol. The molecule has 3 heterocycles. The molecule has 0 saturated carbocycles. The summed E-state index contributed by atoms with van der Waals surface area (Å²) >= 11 is 1.41. The van der Waals surface area contributed by atoms with Crippen LogP contribution in [0.4, 0.5) is 0 Å². The molecule has 3 aromatic rings. The number of carbonyl (C=O) groups excluding carboxylic acids is 1. The molecule has 4 rings (SSSR count). The minimum atomic E-state index is 0.0200. The Hall–Kier alpha value is -2.73. The Bertz CT molecular complexity index is 985. The summed E-state index contributed by atoms with van der Waals surface area (Å²) in [4.78, 5) is 24.8. The van der Waals surface area contributed by atoms with Crippen molar-refractivity contribution in [2.24, 2.45) is 0 Å². The first-order valence-electron chi connectivity index (χ1n) is 9.46. The van der Waals surface area contributed by atoms with Crippen LogP contribution in [-0.4, -0.2) is 34.4 Å². The normalized spacial score (nSPS) is 16.4. The van der Waals surface area contributed by atoms with Crippen LogP contribution in [0.5, 0.6) is 5.75 Å². The molecule has 1 aliphatic heterocycles. The summed E-state index contributed by atoms with van der Waals surface area (Å²) in [5.41, 5.74) is 5.59. The third kappa shape index (κ3) is 3.64. The average molecular weight is 394 g/mol. The highest BCUT2D eigenvalue weighted by Crippen LogP contribution is 2.33. The summed E-state index contributed by atoms with van der Waals surface area (Å²) in [6.45, 7) is 2.65. The van der Waals surface area contributed by atoms with E-state index in [-0.39, 0.29) is 11.9 Å². The third-order valence-corrected chi connectivity index (χ3v) is 6.10. The van der Waals surface area contributed by atoms with E-state index in [2.05, 4.69) is 11.1 Å². The topological polar surface area (TPSA) is 55.3 Å². The number of amides is 1. The highest BCUT2D eigenvalue weighted by Gasteiger charge is 2.33. The highest BCUT2D eigenvalue weighted by atomic mass is 32.1. The van der Waals surface area contributed by atoms with Crippen LogP contribution in [0.3, 0.4) is 0 Å². The molecule has 0 N–H and O–H groups in total. The SMILES string of the molecule is COc1ccccc1Cc1cccc([C@H]2CCCN2C(=O)c2scnc2C)n1. The Morgan fingerprint density at radius 2 is 2.11 bits per heavy atom. The van der Waals surface area contributed by atoms with Gasteiger partial charge in [0.2, 0.25) is 0 Å². The first-order chi connectivity index (χ1) is 13.7. The van der Waals surface area contributed by atoms with Crippen LogP contribution in [0, 0.1) is 6.92 Å². The fourth-order valence-corrected chi connectivity index (χ4v) is 4.54. The van der Waals surface area contributed by atoms with Crippen LogP contribution in [0.2, 0.25) is 0 Å². The van der Waals surface area contributed by atoms with Gasteiger partial charge in [-0.25, -0.2) is 4.98 Å². The van der Waals surface area contributed by atoms with Crippen molar-refractivity contribution in [2.45, 2.75) is 32.2 Å². The predicted octanol–water partition coefficient (Wildman–Crippen LogP) is 4.42. The number of likely N-dealkylation sites (tertiary alicyclic amines) is 1. The summed E-state index contributed by atoms with van der Waals surface area (Å²) in [5, 5.41) is 0. The second kappa shape index (κ2) is 8.10. The monoisotopic (exact) mass is 393 g/mol. The van der Waals surface area contributed by atoms with Gasteiger partial charge >= 0.3 is 0 Å². The van der Waals surface area contributed by atoms with Crippen molar-refractivity contribution in [3.63, 3.8) is 0 Å². The van der Waals surface area contributed by atoms with E-state index in [0.29, 0.717) is 6.42 Å². The van der Waals surface area contributed by atoms with Crippen molar-refractivity contribution < 1.29 is 9.53 Å². The van der Waals surface area contributed by atoms with Gasteiger partial charge in [0.1, 0.15) is 10.6 Å². The Balaban J connectivity index is 1.58. The van der Waals surface area contributed by atoms with E-state index in [4.69, 9.17) is 9.72 Å². The van der Waals surface area contributed by atoms with Gasteiger partial charge in [-0.05, 0) is 38.0 Å². The minimum absolute atomic E-state index is 0.0200. The number of hydrogen-bond acceptors (Lipinski definition) is 5. The van der Waals surface area contributed by atoms with Gasteiger partial charge in [-0.1, -0.05) is 24.3 Å². The number of aryl methyl sites for hydroxylation is 1. The van der Waals surface area contributed by atoms with Crippen molar-refractivity contribution in [3.8, 4) is 5.75 Å². The Morgan fingerprint density at radius 1 is 1.25 bits per heavy atom. The first-order valence-corrected chi connectivity index (χ1v) is 10.3. The maximum Gasteiger partial charge on any atom is 0.266 e. The molecule has 1 atom stereocenters. The number of carbonyl (C=O) groups is 1. The molecule has 2 aromatic heterocycles. The van der Waals surface area contributed by atoms with E-state index in [1.165, 1.54) is 11.3 Å². The van der Waals surface area contributed by atoms with Gasteiger partial charge in [-0.15, -0.1) is 11.3 Å². The quantitative estimate of drug-likeness (QED) is 0.644. The number of pyridine rings is 1. The molecule has 0 aliphatic carbocycles. The number of para-hydroxylation sites is 1. The molecule has 28 heavy (non-hydrogen) atoms. The number of nitrogens with zero attached hydrogens (tertiary/aromatic N) is 3. The van der Waals surface area contributed by atoms with Crippen LogP contribution >= 0.6 is 11.3 Å². The lowest BCUT2D eigenvalue weighted by atomic mass is 10.1. The number of methoxy groups -OCH3 is 1. The zero-order valence-electron chi connectivity index (χ0n) is 16.1. The molecule has 0 spiro atoms. The molecule has 1 aromatic carbocycles.